The quantitative estimate of drug-likeness (QED) is 0.425. The SMILES string of the molecule is CNCCCCCOC(C)NC. The van der Waals surface area contributed by atoms with Crippen LogP contribution >= 0.6 is 0 Å². The number of rotatable bonds is 8. The van der Waals surface area contributed by atoms with Gasteiger partial charge in [-0.2, -0.15) is 0 Å². The zero-order valence-electron chi connectivity index (χ0n) is 8.52. The van der Waals surface area contributed by atoms with Gasteiger partial charge in [-0.15, -0.1) is 0 Å². The third kappa shape index (κ3) is 7.98. The molecule has 0 spiro atoms. The van der Waals surface area contributed by atoms with Crippen LogP contribution in [0.5, 0.6) is 0 Å². The minimum Gasteiger partial charge on any atom is -0.364 e. The normalized spacial score (nSPS) is 13.2. The summed E-state index contributed by atoms with van der Waals surface area (Å²) in [6.07, 6.45) is 3.84. The summed E-state index contributed by atoms with van der Waals surface area (Å²) in [6.45, 7) is 4.00. The Kier molecular flexibility index (Phi) is 8.88. The second-order valence-corrected chi connectivity index (χ2v) is 2.97. The summed E-state index contributed by atoms with van der Waals surface area (Å²) in [5.41, 5.74) is 0. The van der Waals surface area contributed by atoms with E-state index in [9.17, 15) is 0 Å². The van der Waals surface area contributed by atoms with Gasteiger partial charge in [0.15, 0.2) is 0 Å². The average molecular weight is 174 g/mol. The molecule has 1 unspecified atom stereocenters. The van der Waals surface area contributed by atoms with Crippen molar-refractivity contribution >= 4 is 0 Å². The molecule has 0 radical (unpaired) electrons. The van der Waals surface area contributed by atoms with Crippen LogP contribution in [0.2, 0.25) is 0 Å². The molecule has 0 aromatic carbocycles. The first-order valence-corrected chi connectivity index (χ1v) is 4.74. The minimum atomic E-state index is 0.189. The van der Waals surface area contributed by atoms with Gasteiger partial charge in [-0.1, -0.05) is 0 Å². The lowest BCUT2D eigenvalue weighted by Gasteiger charge is -2.10. The highest BCUT2D eigenvalue weighted by Crippen LogP contribution is 1.95. The molecular weight excluding hydrogens is 152 g/mol. The van der Waals surface area contributed by atoms with Gasteiger partial charge in [0.2, 0.25) is 0 Å². The van der Waals surface area contributed by atoms with Crippen LogP contribution in [-0.4, -0.2) is 33.5 Å². The van der Waals surface area contributed by atoms with Crippen LogP contribution in [-0.2, 0) is 4.74 Å². The molecule has 0 aliphatic rings. The molecule has 0 aromatic rings. The Morgan fingerprint density at radius 3 is 2.50 bits per heavy atom. The molecular formula is C9H22N2O. The van der Waals surface area contributed by atoms with E-state index in [1.165, 1.54) is 12.8 Å². The van der Waals surface area contributed by atoms with Crippen LogP contribution in [0.15, 0.2) is 0 Å². The van der Waals surface area contributed by atoms with Gasteiger partial charge in [-0.05, 0) is 46.8 Å². The third-order valence-electron chi connectivity index (χ3n) is 1.85. The van der Waals surface area contributed by atoms with Crippen molar-refractivity contribution in [2.75, 3.05) is 27.2 Å². The molecule has 0 heterocycles. The highest BCUT2D eigenvalue weighted by molar-refractivity contribution is 4.45. The van der Waals surface area contributed by atoms with Crippen molar-refractivity contribution in [1.29, 1.82) is 0 Å². The highest BCUT2D eigenvalue weighted by atomic mass is 16.5. The molecule has 0 aliphatic heterocycles. The van der Waals surface area contributed by atoms with Crippen LogP contribution in [0.1, 0.15) is 26.2 Å². The maximum Gasteiger partial charge on any atom is 0.105 e. The van der Waals surface area contributed by atoms with E-state index in [4.69, 9.17) is 4.74 Å². The largest absolute Gasteiger partial charge is 0.364 e. The molecule has 0 bridgehead atoms. The van der Waals surface area contributed by atoms with Crippen LogP contribution < -0.4 is 10.6 Å². The van der Waals surface area contributed by atoms with Gasteiger partial charge in [0.1, 0.15) is 6.23 Å². The molecule has 12 heavy (non-hydrogen) atoms. The van der Waals surface area contributed by atoms with E-state index in [-0.39, 0.29) is 6.23 Å². The zero-order valence-corrected chi connectivity index (χ0v) is 8.52. The number of nitrogens with one attached hydrogen (secondary N) is 2. The molecule has 0 aromatic heterocycles. The highest BCUT2D eigenvalue weighted by Gasteiger charge is 1.95. The molecule has 0 aliphatic carbocycles. The fraction of sp³-hybridized carbons (Fsp3) is 1.00. The summed E-state index contributed by atoms with van der Waals surface area (Å²) >= 11 is 0. The lowest BCUT2D eigenvalue weighted by Crippen LogP contribution is -2.24. The van der Waals surface area contributed by atoms with Crippen molar-refractivity contribution in [3.63, 3.8) is 0 Å². The lowest BCUT2D eigenvalue weighted by molar-refractivity contribution is 0.0457. The second kappa shape index (κ2) is 8.97. The molecule has 0 rings (SSSR count). The van der Waals surface area contributed by atoms with Gasteiger partial charge in [0.25, 0.3) is 0 Å². The fourth-order valence-electron chi connectivity index (χ4n) is 0.924. The Bertz CT molecular complexity index is 88.6. The van der Waals surface area contributed by atoms with Crippen molar-refractivity contribution < 1.29 is 4.74 Å². The summed E-state index contributed by atoms with van der Waals surface area (Å²) < 4.78 is 5.44. The predicted molar refractivity (Wildman–Crippen MR) is 52.3 cm³/mol. The van der Waals surface area contributed by atoms with Crippen molar-refractivity contribution in [2.45, 2.75) is 32.4 Å². The standard InChI is InChI=1S/C9H22N2O/c1-9(11-3)12-8-6-4-5-7-10-2/h9-11H,4-8H2,1-3H3. The van der Waals surface area contributed by atoms with Gasteiger partial charge in [-0.25, -0.2) is 0 Å². The summed E-state index contributed by atoms with van der Waals surface area (Å²) in [6, 6.07) is 0. The van der Waals surface area contributed by atoms with Crippen LogP contribution in [0.4, 0.5) is 0 Å². The Morgan fingerprint density at radius 1 is 1.17 bits per heavy atom. The number of hydrogen-bond donors (Lipinski definition) is 2. The van der Waals surface area contributed by atoms with Crippen molar-refractivity contribution in [3.8, 4) is 0 Å². The summed E-state index contributed by atoms with van der Waals surface area (Å²) in [5.74, 6) is 0. The lowest BCUT2D eigenvalue weighted by atomic mass is 10.2. The summed E-state index contributed by atoms with van der Waals surface area (Å²) in [4.78, 5) is 0. The van der Waals surface area contributed by atoms with Gasteiger partial charge >= 0.3 is 0 Å². The van der Waals surface area contributed by atoms with E-state index in [1.54, 1.807) is 0 Å². The van der Waals surface area contributed by atoms with E-state index < -0.39 is 0 Å². The Balaban J connectivity index is 2.90. The van der Waals surface area contributed by atoms with Gasteiger partial charge < -0.3 is 10.1 Å². The van der Waals surface area contributed by atoms with Gasteiger partial charge in [0, 0.05) is 6.61 Å². The van der Waals surface area contributed by atoms with Gasteiger partial charge in [-0.3, -0.25) is 5.32 Å². The van der Waals surface area contributed by atoms with E-state index >= 15 is 0 Å². The Morgan fingerprint density at radius 2 is 1.92 bits per heavy atom. The van der Waals surface area contributed by atoms with Crippen molar-refractivity contribution in [3.05, 3.63) is 0 Å². The molecule has 1 atom stereocenters. The zero-order chi connectivity index (χ0) is 9.23. The third-order valence-corrected chi connectivity index (χ3v) is 1.85. The van der Waals surface area contributed by atoms with E-state index in [0.29, 0.717) is 0 Å². The Hall–Kier alpha value is -0.120. The number of hydrogen-bond acceptors (Lipinski definition) is 3. The van der Waals surface area contributed by atoms with Crippen LogP contribution in [0, 0.1) is 0 Å². The fourth-order valence-corrected chi connectivity index (χ4v) is 0.924. The topological polar surface area (TPSA) is 33.3 Å². The van der Waals surface area contributed by atoms with Crippen molar-refractivity contribution in [2.24, 2.45) is 0 Å². The molecule has 3 nitrogen and oxygen atoms in total. The number of unbranched alkanes of at least 4 members (excludes halogenated alkanes) is 2. The van der Waals surface area contributed by atoms with Gasteiger partial charge in [0.05, 0.1) is 0 Å². The molecule has 0 fully saturated rings. The van der Waals surface area contributed by atoms with Crippen molar-refractivity contribution in [1.82, 2.24) is 10.6 Å². The molecule has 0 saturated heterocycles. The molecule has 2 N–H and O–H groups in total. The predicted octanol–water partition coefficient (Wildman–Crippen LogP) is 0.958. The first kappa shape index (κ1) is 11.9. The molecule has 0 saturated carbocycles. The smallest absolute Gasteiger partial charge is 0.105 e. The van der Waals surface area contributed by atoms with E-state index in [2.05, 4.69) is 10.6 Å². The van der Waals surface area contributed by atoms with E-state index in [0.717, 1.165) is 19.6 Å². The average Bonchev–Trinajstić information content (AvgIpc) is 2.10. The monoisotopic (exact) mass is 174 g/mol. The summed E-state index contributed by atoms with van der Waals surface area (Å²) in [5, 5.41) is 6.16. The number of ether oxygens (including phenoxy) is 1. The molecule has 74 valence electrons. The first-order chi connectivity index (χ1) is 5.81. The van der Waals surface area contributed by atoms with Crippen LogP contribution in [0.25, 0.3) is 0 Å². The first-order valence-electron chi connectivity index (χ1n) is 4.74. The summed E-state index contributed by atoms with van der Waals surface area (Å²) in [7, 11) is 3.89. The Labute approximate surface area is 75.9 Å². The molecule has 0 amide bonds. The maximum absolute atomic E-state index is 5.44. The van der Waals surface area contributed by atoms with Crippen LogP contribution in [0.3, 0.4) is 0 Å². The maximum atomic E-state index is 5.44. The minimum absolute atomic E-state index is 0.189. The molecule has 3 heteroatoms. The van der Waals surface area contributed by atoms with E-state index in [1.807, 2.05) is 21.0 Å². The second-order valence-electron chi connectivity index (χ2n) is 2.97.